The van der Waals surface area contributed by atoms with E-state index in [4.69, 9.17) is 17.2 Å². The van der Waals surface area contributed by atoms with Gasteiger partial charge in [0.2, 0.25) is 5.95 Å². The van der Waals surface area contributed by atoms with Crippen molar-refractivity contribution in [2.75, 3.05) is 16.1 Å². The lowest BCUT2D eigenvalue weighted by Gasteiger charge is -2.29. The maximum atomic E-state index is 11.9. The van der Waals surface area contributed by atoms with Gasteiger partial charge in [-0.15, -0.1) is 0 Å². The number of rotatable bonds is 7. The molecular formula is C19H27N9O. The first-order chi connectivity index (χ1) is 14.0. The molecule has 0 spiro atoms. The lowest BCUT2D eigenvalue weighted by Crippen LogP contribution is -2.43. The first-order valence-corrected chi connectivity index (χ1v) is 9.53. The third-order valence-electron chi connectivity index (χ3n) is 4.80. The molecule has 29 heavy (non-hydrogen) atoms. The SMILES string of the molecule is Cc1cc(N/N=C\N)cc(Nc2nc(N[C@@H]3CCCC[C@@H]3N)ncc2C(N)=O)c1. The van der Waals surface area contributed by atoms with E-state index in [1.165, 1.54) is 12.5 Å². The number of anilines is 4. The second-order valence-electron chi connectivity index (χ2n) is 7.12. The quantitative estimate of drug-likeness (QED) is 0.232. The number of amides is 1. The Hall–Kier alpha value is -3.40. The first-order valence-electron chi connectivity index (χ1n) is 9.53. The zero-order valence-corrected chi connectivity index (χ0v) is 16.4. The monoisotopic (exact) mass is 397 g/mol. The molecule has 0 bridgehead atoms. The van der Waals surface area contributed by atoms with Crippen LogP contribution in [0.1, 0.15) is 41.6 Å². The van der Waals surface area contributed by atoms with Crippen molar-refractivity contribution in [2.45, 2.75) is 44.7 Å². The van der Waals surface area contributed by atoms with E-state index in [1.807, 2.05) is 25.1 Å². The van der Waals surface area contributed by atoms with E-state index < -0.39 is 5.91 Å². The van der Waals surface area contributed by atoms with Gasteiger partial charge in [0.05, 0.1) is 5.69 Å². The summed E-state index contributed by atoms with van der Waals surface area (Å²) in [5.41, 5.74) is 22.4. The fourth-order valence-corrected chi connectivity index (χ4v) is 3.40. The molecule has 0 saturated heterocycles. The molecule has 0 unspecified atom stereocenters. The van der Waals surface area contributed by atoms with Crippen LogP contribution in [0.5, 0.6) is 0 Å². The van der Waals surface area contributed by atoms with E-state index in [1.54, 1.807) is 0 Å². The molecule has 10 nitrogen and oxygen atoms in total. The highest BCUT2D eigenvalue weighted by Crippen LogP contribution is 2.25. The number of aryl methyl sites for hydroxylation is 1. The fourth-order valence-electron chi connectivity index (χ4n) is 3.40. The van der Waals surface area contributed by atoms with Crippen LogP contribution in [0.25, 0.3) is 0 Å². The minimum Gasteiger partial charge on any atom is -0.388 e. The van der Waals surface area contributed by atoms with Gasteiger partial charge in [-0.05, 0) is 43.5 Å². The minimum absolute atomic E-state index is 0.0491. The van der Waals surface area contributed by atoms with Crippen LogP contribution in [0.4, 0.5) is 23.1 Å². The predicted octanol–water partition coefficient (Wildman–Crippen LogP) is 1.62. The molecule has 154 valence electrons. The molecule has 9 N–H and O–H groups in total. The van der Waals surface area contributed by atoms with Gasteiger partial charge in [-0.1, -0.05) is 12.8 Å². The summed E-state index contributed by atoms with van der Waals surface area (Å²) in [5.74, 6) is 0.101. The van der Waals surface area contributed by atoms with Crippen LogP contribution in [0.3, 0.4) is 0 Å². The van der Waals surface area contributed by atoms with Gasteiger partial charge in [-0.2, -0.15) is 10.1 Å². The van der Waals surface area contributed by atoms with Crippen LogP contribution < -0.4 is 33.3 Å². The molecule has 1 amide bonds. The van der Waals surface area contributed by atoms with Gasteiger partial charge in [-0.3, -0.25) is 10.2 Å². The van der Waals surface area contributed by atoms with Crippen molar-refractivity contribution in [3.05, 3.63) is 35.5 Å². The van der Waals surface area contributed by atoms with E-state index in [9.17, 15) is 4.79 Å². The Balaban J connectivity index is 1.86. The molecule has 3 rings (SSSR count). The number of carbonyl (C=O) groups excluding carboxylic acids is 1. The lowest BCUT2D eigenvalue weighted by atomic mass is 9.91. The van der Waals surface area contributed by atoms with Gasteiger partial charge in [0.25, 0.3) is 5.91 Å². The summed E-state index contributed by atoms with van der Waals surface area (Å²) in [6.45, 7) is 1.94. The molecule has 1 aliphatic rings. The molecule has 10 heteroatoms. The Labute approximate surface area is 169 Å². The normalized spacial score (nSPS) is 19.1. The first kappa shape index (κ1) is 20.3. The van der Waals surface area contributed by atoms with Crippen molar-refractivity contribution in [1.82, 2.24) is 9.97 Å². The van der Waals surface area contributed by atoms with Gasteiger partial charge in [0.15, 0.2) is 0 Å². The number of hydrazone groups is 1. The second kappa shape index (κ2) is 9.20. The highest BCUT2D eigenvalue weighted by molar-refractivity contribution is 5.98. The average molecular weight is 397 g/mol. The molecule has 2 atom stereocenters. The highest BCUT2D eigenvalue weighted by atomic mass is 16.1. The van der Waals surface area contributed by atoms with Gasteiger partial charge >= 0.3 is 0 Å². The molecule has 1 heterocycles. The van der Waals surface area contributed by atoms with Crippen molar-refractivity contribution in [3.8, 4) is 0 Å². The number of nitrogens with two attached hydrogens (primary N) is 3. The molecule has 1 aliphatic carbocycles. The summed E-state index contributed by atoms with van der Waals surface area (Å²) >= 11 is 0. The summed E-state index contributed by atoms with van der Waals surface area (Å²) in [6.07, 6.45) is 6.75. The number of hydrogen-bond donors (Lipinski definition) is 6. The van der Waals surface area contributed by atoms with E-state index in [2.05, 4.69) is 31.1 Å². The summed E-state index contributed by atoms with van der Waals surface area (Å²) in [7, 11) is 0. The van der Waals surface area contributed by atoms with Crippen molar-refractivity contribution >= 4 is 35.4 Å². The van der Waals surface area contributed by atoms with Crippen LogP contribution in [-0.4, -0.2) is 34.3 Å². The average Bonchev–Trinajstić information content (AvgIpc) is 2.68. The molecular weight excluding hydrogens is 370 g/mol. The Kier molecular flexibility index (Phi) is 6.45. The number of nitrogens with zero attached hydrogens (tertiary/aromatic N) is 3. The van der Waals surface area contributed by atoms with Crippen LogP contribution >= 0.6 is 0 Å². The summed E-state index contributed by atoms with van der Waals surface area (Å²) < 4.78 is 0. The molecule has 0 radical (unpaired) electrons. The highest BCUT2D eigenvalue weighted by Gasteiger charge is 2.23. The zero-order valence-electron chi connectivity index (χ0n) is 16.4. The smallest absolute Gasteiger partial charge is 0.254 e. The van der Waals surface area contributed by atoms with Crippen LogP contribution in [0.2, 0.25) is 0 Å². The van der Waals surface area contributed by atoms with Crippen LogP contribution in [0.15, 0.2) is 29.5 Å². The predicted molar refractivity (Wildman–Crippen MR) is 115 cm³/mol. The standard InChI is InChI=1S/C19H27N9O/c1-11-6-12(8-13(7-11)28-24-10-20)25-18-14(17(22)29)9-23-19(27-18)26-16-5-3-2-4-15(16)21/h6-10,15-16,28H,2-5,21H2,1H3,(H2,20,24)(H2,22,29)(H2,23,25,26,27)/t15-,16+/m0/s1. The number of carbonyl (C=O) groups is 1. The van der Waals surface area contributed by atoms with Gasteiger partial charge in [-0.25, -0.2) is 4.98 Å². The maximum Gasteiger partial charge on any atom is 0.254 e. The molecule has 1 aromatic heterocycles. The van der Waals surface area contributed by atoms with Gasteiger partial charge < -0.3 is 27.8 Å². The Morgan fingerprint density at radius 3 is 2.72 bits per heavy atom. The molecule has 1 fully saturated rings. The van der Waals surface area contributed by atoms with Crippen LogP contribution in [0, 0.1) is 6.92 Å². The van der Waals surface area contributed by atoms with Crippen molar-refractivity contribution in [3.63, 3.8) is 0 Å². The topological polar surface area (TPSA) is 169 Å². The van der Waals surface area contributed by atoms with Crippen molar-refractivity contribution in [1.29, 1.82) is 0 Å². The molecule has 1 saturated carbocycles. The molecule has 0 aliphatic heterocycles. The molecule has 2 aromatic rings. The fraction of sp³-hybridized carbons (Fsp3) is 0.368. The van der Waals surface area contributed by atoms with E-state index in [0.717, 1.165) is 36.9 Å². The second-order valence-corrected chi connectivity index (χ2v) is 7.12. The van der Waals surface area contributed by atoms with Gasteiger partial charge in [0.1, 0.15) is 17.7 Å². The van der Waals surface area contributed by atoms with E-state index in [-0.39, 0.29) is 17.6 Å². The van der Waals surface area contributed by atoms with Crippen LogP contribution in [-0.2, 0) is 0 Å². The maximum absolute atomic E-state index is 11.9. The Morgan fingerprint density at radius 2 is 2.00 bits per heavy atom. The third-order valence-corrected chi connectivity index (χ3v) is 4.80. The van der Waals surface area contributed by atoms with E-state index in [0.29, 0.717) is 17.5 Å². The van der Waals surface area contributed by atoms with Gasteiger partial charge in [0, 0.05) is 24.0 Å². The Morgan fingerprint density at radius 1 is 1.24 bits per heavy atom. The third kappa shape index (κ3) is 5.32. The Bertz CT molecular complexity index is 899. The summed E-state index contributed by atoms with van der Waals surface area (Å²) in [5, 5.41) is 10.3. The van der Waals surface area contributed by atoms with Crippen molar-refractivity contribution in [2.24, 2.45) is 22.3 Å². The number of nitrogens with one attached hydrogen (secondary N) is 3. The largest absolute Gasteiger partial charge is 0.388 e. The van der Waals surface area contributed by atoms with Crippen molar-refractivity contribution < 1.29 is 4.79 Å². The summed E-state index contributed by atoms with van der Waals surface area (Å²) in [6, 6.07) is 5.78. The number of hydrogen-bond acceptors (Lipinski definition) is 8. The molecule has 1 aromatic carbocycles. The minimum atomic E-state index is -0.618. The number of primary amides is 1. The number of aromatic nitrogens is 2. The lowest BCUT2D eigenvalue weighted by molar-refractivity contribution is 0.100. The number of benzene rings is 1. The zero-order chi connectivity index (χ0) is 20.8. The van der Waals surface area contributed by atoms with E-state index >= 15 is 0 Å². The summed E-state index contributed by atoms with van der Waals surface area (Å²) in [4.78, 5) is 20.6.